The third kappa shape index (κ3) is 6.03. The average Bonchev–Trinajstić information content (AvgIpc) is 2.56. The number of thiol groups is 2. The van der Waals surface area contributed by atoms with E-state index in [0.29, 0.717) is 24.7 Å². The fraction of sp³-hybridized carbons (Fsp3) is 0.875. The number of hydrogen-bond acceptors (Lipinski definition) is 6. The average molecular weight is 349 g/mol. The Morgan fingerprint density at radius 1 is 0.909 bits per heavy atom. The quantitative estimate of drug-likeness (QED) is 0.523. The van der Waals surface area contributed by atoms with E-state index in [1.165, 1.54) is 6.42 Å². The van der Waals surface area contributed by atoms with Crippen molar-refractivity contribution in [3.8, 4) is 0 Å². The van der Waals surface area contributed by atoms with Gasteiger partial charge in [0.2, 0.25) is 0 Å². The summed E-state index contributed by atoms with van der Waals surface area (Å²) in [5, 5.41) is 0. The summed E-state index contributed by atoms with van der Waals surface area (Å²) in [6.07, 6.45) is 5.21. The van der Waals surface area contributed by atoms with E-state index in [9.17, 15) is 9.59 Å². The van der Waals surface area contributed by atoms with E-state index in [4.69, 9.17) is 9.47 Å². The summed E-state index contributed by atoms with van der Waals surface area (Å²) in [6.45, 7) is 4.26. The molecule has 0 N–H and O–H groups in total. The molecule has 6 heteroatoms. The molecule has 2 atom stereocenters. The minimum Gasteiger partial charge on any atom is -0.465 e. The van der Waals surface area contributed by atoms with E-state index in [-0.39, 0.29) is 29.2 Å². The van der Waals surface area contributed by atoms with Crippen LogP contribution in [-0.2, 0) is 19.1 Å². The standard InChI is InChI=1S/C16H28O4S2/c1-12(8-21)14(17)19-10-16(6-4-3-5-7-16)11-20-15(18)13(2)9-22/h12-13,21-22H,3-11H2,1-2H3. The van der Waals surface area contributed by atoms with Gasteiger partial charge in [-0.3, -0.25) is 9.59 Å². The van der Waals surface area contributed by atoms with Crippen molar-refractivity contribution in [2.24, 2.45) is 17.3 Å². The Labute approximate surface area is 144 Å². The third-order valence-corrected chi connectivity index (χ3v) is 5.40. The molecule has 0 aromatic heterocycles. The molecule has 0 aliphatic heterocycles. The van der Waals surface area contributed by atoms with Crippen LogP contribution in [0.15, 0.2) is 0 Å². The first-order valence-corrected chi connectivity index (χ1v) is 9.25. The van der Waals surface area contributed by atoms with Gasteiger partial charge in [0, 0.05) is 16.9 Å². The molecule has 22 heavy (non-hydrogen) atoms. The molecule has 1 rings (SSSR count). The molecular formula is C16H28O4S2. The molecule has 0 radical (unpaired) electrons. The molecule has 128 valence electrons. The summed E-state index contributed by atoms with van der Waals surface area (Å²) in [6, 6.07) is 0. The molecule has 1 aliphatic carbocycles. The predicted octanol–water partition coefficient (Wildman–Crippen LogP) is 3.16. The van der Waals surface area contributed by atoms with Crippen molar-refractivity contribution >= 4 is 37.2 Å². The molecule has 0 spiro atoms. The van der Waals surface area contributed by atoms with Crippen LogP contribution in [0.4, 0.5) is 0 Å². The van der Waals surface area contributed by atoms with Gasteiger partial charge >= 0.3 is 11.9 Å². The molecule has 2 unspecified atom stereocenters. The molecule has 4 nitrogen and oxygen atoms in total. The van der Waals surface area contributed by atoms with E-state index in [1.54, 1.807) is 13.8 Å². The van der Waals surface area contributed by atoms with Crippen LogP contribution in [0.3, 0.4) is 0 Å². The summed E-state index contributed by atoms with van der Waals surface area (Å²) < 4.78 is 10.9. The van der Waals surface area contributed by atoms with Gasteiger partial charge in [-0.15, -0.1) is 0 Å². The highest BCUT2D eigenvalue weighted by Gasteiger charge is 2.36. The summed E-state index contributed by atoms with van der Waals surface area (Å²) in [4.78, 5) is 23.7. The van der Waals surface area contributed by atoms with Crippen molar-refractivity contribution in [2.75, 3.05) is 24.7 Å². The maximum absolute atomic E-state index is 11.9. The van der Waals surface area contributed by atoms with Gasteiger partial charge in [0.15, 0.2) is 0 Å². The fourth-order valence-corrected chi connectivity index (χ4v) is 2.81. The Balaban J connectivity index is 2.58. The van der Waals surface area contributed by atoms with Crippen LogP contribution in [-0.4, -0.2) is 36.7 Å². The molecule has 1 saturated carbocycles. The Bertz CT molecular complexity index is 339. The Morgan fingerprint density at radius 3 is 1.68 bits per heavy atom. The molecule has 0 saturated heterocycles. The summed E-state index contributed by atoms with van der Waals surface area (Å²) in [5.41, 5.74) is -0.226. The zero-order chi connectivity index (χ0) is 16.6. The van der Waals surface area contributed by atoms with Crippen LogP contribution < -0.4 is 0 Å². The van der Waals surface area contributed by atoms with Crippen LogP contribution >= 0.6 is 25.3 Å². The highest BCUT2D eigenvalue weighted by molar-refractivity contribution is 7.80. The highest BCUT2D eigenvalue weighted by Crippen LogP contribution is 2.37. The summed E-state index contributed by atoms with van der Waals surface area (Å²) in [5.74, 6) is 0.0667. The number of hydrogen-bond donors (Lipinski definition) is 2. The first-order chi connectivity index (χ1) is 10.4. The summed E-state index contributed by atoms with van der Waals surface area (Å²) >= 11 is 8.24. The molecule has 0 heterocycles. The third-order valence-electron chi connectivity index (χ3n) is 4.31. The SMILES string of the molecule is CC(CS)C(=O)OCC1(COC(=O)C(C)CS)CCCCC1. The van der Waals surface area contributed by atoms with Gasteiger partial charge in [-0.05, 0) is 12.8 Å². The molecule has 1 fully saturated rings. The van der Waals surface area contributed by atoms with Crippen LogP contribution in [0.1, 0.15) is 46.0 Å². The topological polar surface area (TPSA) is 52.6 Å². The maximum Gasteiger partial charge on any atom is 0.309 e. The van der Waals surface area contributed by atoms with Crippen molar-refractivity contribution < 1.29 is 19.1 Å². The zero-order valence-corrected chi connectivity index (χ0v) is 15.3. The van der Waals surface area contributed by atoms with E-state index in [0.717, 1.165) is 25.7 Å². The number of carbonyl (C=O) groups is 2. The van der Waals surface area contributed by atoms with Crippen LogP contribution in [0.2, 0.25) is 0 Å². The van der Waals surface area contributed by atoms with Crippen molar-refractivity contribution in [1.82, 2.24) is 0 Å². The molecular weight excluding hydrogens is 320 g/mol. The smallest absolute Gasteiger partial charge is 0.309 e. The van der Waals surface area contributed by atoms with Gasteiger partial charge in [-0.25, -0.2) is 0 Å². The van der Waals surface area contributed by atoms with Gasteiger partial charge in [-0.1, -0.05) is 33.1 Å². The first kappa shape index (κ1) is 19.7. The second-order valence-electron chi connectivity index (χ2n) is 6.44. The van der Waals surface area contributed by atoms with Crippen LogP contribution in [0, 0.1) is 17.3 Å². The highest BCUT2D eigenvalue weighted by atomic mass is 32.1. The predicted molar refractivity (Wildman–Crippen MR) is 93.5 cm³/mol. The van der Waals surface area contributed by atoms with Gasteiger partial charge in [0.25, 0.3) is 0 Å². The van der Waals surface area contributed by atoms with E-state index in [2.05, 4.69) is 25.3 Å². The molecule has 0 amide bonds. The number of carbonyl (C=O) groups excluding carboxylic acids is 2. The van der Waals surface area contributed by atoms with Gasteiger partial charge in [-0.2, -0.15) is 25.3 Å². The second kappa shape index (κ2) is 9.71. The minimum absolute atomic E-state index is 0.212. The summed E-state index contributed by atoms with van der Waals surface area (Å²) in [7, 11) is 0. The Hall–Kier alpha value is -0.360. The maximum atomic E-state index is 11.9. The fourth-order valence-electron chi connectivity index (χ4n) is 2.51. The first-order valence-electron chi connectivity index (χ1n) is 7.99. The second-order valence-corrected chi connectivity index (χ2v) is 7.17. The Morgan fingerprint density at radius 2 is 1.32 bits per heavy atom. The molecule has 0 aromatic carbocycles. The molecule has 0 aromatic rings. The van der Waals surface area contributed by atoms with E-state index < -0.39 is 0 Å². The number of esters is 2. The molecule has 1 aliphatic rings. The van der Waals surface area contributed by atoms with E-state index >= 15 is 0 Å². The lowest BCUT2D eigenvalue weighted by Gasteiger charge is -2.36. The minimum atomic E-state index is -0.227. The lowest BCUT2D eigenvalue weighted by Crippen LogP contribution is -2.37. The van der Waals surface area contributed by atoms with Crippen molar-refractivity contribution in [3.05, 3.63) is 0 Å². The Kier molecular flexibility index (Phi) is 8.69. The van der Waals surface area contributed by atoms with E-state index in [1.807, 2.05) is 0 Å². The number of ether oxygens (including phenoxy) is 2. The largest absolute Gasteiger partial charge is 0.465 e. The van der Waals surface area contributed by atoms with Crippen molar-refractivity contribution in [2.45, 2.75) is 46.0 Å². The number of rotatable bonds is 8. The lowest BCUT2D eigenvalue weighted by atomic mass is 9.75. The van der Waals surface area contributed by atoms with Crippen LogP contribution in [0.25, 0.3) is 0 Å². The van der Waals surface area contributed by atoms with Crippen LogP contribution in [0.5, 0.6) is 0 Å². The van der Waals surface area contributed by atoms with Gasteiger partial charge in [0.1, 0.15) is 13.2 Å². The van der Waals surface area contributed by atoms with Crippen molar-refractivity contribution in [3.63, 3.8) is 0 Å². The monoisotopic (exact) mass is 348 g/mol. The molecule has 0 bridgehead atoms. The van der Waals surface area contributed by atoms with Gasteiger partial charge in [0.05, 0.1) is 11.8 Å². The van der Waals surface area contributed by atoms with Crippen molar-refractivity contribution in [1.29, 1.82) is 0 Å². The normalized spacial score (nSPS) is 20.0. The van der Waals surface area contributed by atoms with Gasteiger partial charge < -0.3 is 9.47 Å². The zero-order valence-electron chi connectivity index (χ0n) is 13.5. The lowest BCUT2D eigenvalue weighted by molar-refractivity contribution is -0.159.